The number of aliphatic carboxylic acids is 1. The lowest BCUT2D eigenvalue weighted by Crippen LogP contribution is -2.41. The second kappa shape index (κ2) is 6.74. The highest BCUT2D eigenvalue weighted by Crippen LogP contribution is 2.25. The number of carbonyl (C=O) groups is 2. The third-order valence-corrected chi connectivity index (χ3v) is 4.38. The van der Waals surface area contributed by atoms with E-state index in [-0.39, 0.29) is 4.47 Å². The van der Waals surface area contributed by atoms with E-state index >= 15 is 0 Å². The van der Waals surface area contributed by atoms with Gasteiger partial charge in [-0.2, -0.15) is 0 Å². The normalized spacial score (nSPS) is 11.5. The van der Waals surface area contributed by atoms with E-state index in [1.165, 1.54) is 0 Å². The van der Waals surface area contributed by atoms with Crippen LogP contribution in [-0.4, -0.2) is 49.1 Å². The van der Waals surface area contributed by atoms with E-state index in [1.807, 2.05) is 0 Å². The average Bonchev–Trinajstić information content (AvgIpc) is 2.35. The Morgan fingerprint density at radius 1 is 1.36 bits per heavy atom. The second-order valence-electron chi connectivity index (χ2n) is 4.96. The Balaban J connectivity index is 3.45. The van der Waals surface area contributed by atoms with Gasteiger partial charge in [-0.1, -0.05) is 15.9 Å². The summed E-state index contributed by atoms with van der Waals surface area (Å²) in [5, 5.41) is 8.84. The molecular weight excluding hydrogens is 381 g/mol. The minimum atomic E-state index is -3.87. The van der Waals surface area contributed by atoms with Crippen LogP contribution in [0.2, 0.25) is 0 Å². The fraction of sp³-hybridized carbons (Fsp3) is 0.385. The Hall–Kier alpha value is -1.48. The highest BCUT2D eigenvalue weighted by atomic mass is 79.9. The van der Waals surface area contributed by atoms with E-state index in [1.54, 1.807) is 13.8 Å². The van der Waals surface area contributed by atoms with Crippen LogP contribution in [0.3, 0.4) is 0 Å². The van der Waals surface area contributed by atoms with Crippen molar-refractivity contribution in [3.05, 3.63) is 28.0 Å². The number of carboxylic acid groups (broad SMARTS) is 1. The fourth-order valence-corrected chi connectivity index (χ4v) is 3.16. The predicted molar refractivity (Wildman–Crippen MR) is 81.0 cm³/mol. The highest BCUT2D eigenvalue weighted by Gasteiger charge is 2.27. The van der Waals surface area contributed by atoms with Gasteiger partial charge >= 0.3 is 5.97 Å². The summed E-state index contributed by atoms with van der Waals surface area (Å²) in [7, 11) is -3.87. The molecule has 0 radical (unpaired) electrons. The van der Waals surface area contributed by atoms with Crippen molar-refractivity contribution in [1.82, 2.24) is 4.90 Å². The molecule has 1 aromatic rings. The number of nitrogens with zero attached hydrogens (tertiary/aromatic N) is 1. The molecule has 0 aliphatic heterocycles. The molecule has 0 heterocycles. The van der Waals surface area contributed by atoms with Crippen LogP contribution in [0.1, 0.15) is 24.2 Å². The van der Waals surface area contributed by atoms with Crippen LogP contribution in [0.4, 0.5) is 4.39 Å². The zero-order valence-electron chi connectivity index (χ0n) is 12.1. The number of amides is 1. The summed E-state index contributed by atoms with van der Waals surface area (Å²) in [5.41, 5.74) is -0.496. The van der Waals surface area contributed by atoms with Crippen LogP contribution >= 0.6 is 15.9 Å². The lowest BCUT2D eigenvalue weighted by atomic mass is 10.1. The molecule has 0 fully saturated rings. The molecular formula is C13H15BrFNO5S. The summed E-state index contributed by atoms with van der Waals surface area (Å²) in [6, 6.07) is 1.69. The van der Waals surface area contributed by atoms with Crippen molar-refractivity contribution in [3.63, 3.8) is 0 Å². The Morgan fingerprint density at radius 2 is 1.91 bits per heavy atom. The van der Waals surface area contributed by atoms with Gasteiger partial charge in [0.1, 0.15) is 11.4 Å². The monoisotopic (exact) mass is 395 g/mol. The summed E-state index contributed by atoms with van der Waals surface area (Å²) in [6.45, 7) is 2.54. The molecule has 0 saturated heterocycles. The van der Waals surface area contributed by atoms with Gasteiger partial charge in [0, 0.05) is 16.8 Å². The summed E-state index contributed by atoms with van der Waals surface area (Å²) < 4.78 is 37.7. The van der Waals surface area contributed by atoms with Gasteiger partial charge in [-0.25, -0.2) is 12.8 Å². The smallest absolute Gasteiger partial charge is 0.323 e. The molecule has 0 aliphatic carbocycles. The number of carbonyl (C=O) groups excluding carboxylic acids is 1. The lowest BCUT2D eigenvalue weighted by Gasteiger charge is -2.25. The Labute approximate surface area is 136 Å². The Morgan fingerprint density at radius 3 is 2.32 bits per heavy atom. The summed E-state index contributed by atoms with van der Waals surface area (Å²) in [6.07, 6.45) is 0.823. The van der Waals surface area contributed by atoms with E-state index in [2.05, 4.69) is 15.9 Å². The molecule has 0 aromatic heterocycles. The van der Waals surface area contributed by atoms with Gasteiger partial charge in [-0.05, 0) is 26.0 Å². The first-order valence-electron chi connectivity index (χ1n) is 6.17. The standard InChI is InChI=1S/C13H15BrFNO5S/c1-7(2)16(6-11(17)18)13(19)9-4-8(14)5-10(12(9)15)22(3,20)21/h4-5,7H,6H2,1-3H3,(H,17,18). The maximum absolute atomic E-state index is 14.4. The summed E-state index contributed by atoms with van der Waals surface area (Å²) in [5.74, 6) is -3.33. The van der Waals surface area contributed by atoms with E-state index < -0.39 is 50.6 Å². The van der Waals surface area contributed by atoms with Crippen molar-refractivity contribution in [2.75, 3.05) is 12.8 Å². The first-order chi connectivity index (χ1) is 9.95. The van der Waals surface area contributed by atoms with Crippen molar-refractivity contribution in [2.45, 2.75) is 24.8 Å². The van der Waals surface area contributed by atoms with E-state index in [0.29, 0.717) is 0 Å². The molecule has 0 bridgehead atoms. The van der Waals surface area contributed by atoms with E-state index in [0.717, 1.165) is 23.3 Å². The van der Waals surface area contributed by atoms with Gasteiger partial charge in [0.15, 0.2) is 15.7 Å². The molecule has 122 valence electrons. The minimum absolute atomic E-state index is 0.205. The number of carboxylic acids is 1. The highest BCUT2D eigenvalue weighted by molar-refractivity contribution is 9.10. The third kappa shape index (κ3) is 4.26. The zero-order valence-corrected chi connectivity index (χ0v) is 14.5. The van der Waals surface area contributed by atoms with Crippen molar-refractivity contribution < 1.29 is 27.5 Å². The predicted octanol–water partition coefficient (Wildman–Crippen LogP) is 1.93. The van der Waals surface area contributed by atoms with Crippen LogP contribution in [0.25, 0.3) is 0 Å². The fourth-order valence-electron chi connectivity index (χ4n) is 1.78. The number of rotatable bonds is 5. The molecule has 1 amide bonds. The molecule has 0 atom stereocenters. The van der Waals surface area contributed by atoms with Crippen molar-refractivity contribution in [1.29, 1.82) is 0 Å². The first-order valence-corrected chi connectivity index (χ1v) is 8.85. The number of halogens is 2. The Bertz CT molecular complexity index is 717. The van der Waals surface area contributed by atoms with Crippen LogP contribution in [0.15, 0.2) is 21.5 Å². The third-order valence-electron chi connectivity index (χ3n) is 2.82. The van der Waals surface area contributed by atoms with Gasteiger partial charge in [-0.3, -0.25) is 9.59 Å². The van der Waals surface area contributed by atoms with Crippen molar-refractivity contribution >= 4 is 37.6 Å². The summed E-state index contributed by atoms with van der Waals surface area (Å²) >= 11 is 3.03. The number of sulfone groups is 1. The second-order valence-corrected chi connectivity index (χ2v) is 7.86. The molecule has 22 heavy (non-hydrogen) atoms. The van der Waals surface area contributed by atoms with E-state index in [9.17, 15) is 22.4 Å². The van der Waals surface area contributed by atoms with Crippen LogP contribution < -0.4 is 0 Å². The van der Waals surface area contributed by atoms with Crippen molar-refractivity contribution in [2.24, 2.45) is 0 Å². The van der Waals surface area contributed by atoms with Gasteiger partial charge in [-0.15, -0.1) is 0 Å². The number of hydrogen-bond donors (Lipinski definition) is 1. The maximum atomic E-state index is 14.4. The molecule has 1 aromatic carbocycles. The van der Waals surface area contributed by atoms with Gasteiger partial charge < -0.3 is 10.0 Å². The quantitative estimate of drug-likeness (QED) is 0.821. The molecule has 9 heteroatoms. The van der Waals surface area contributed by atoms with Gasteiger partial charge in [0.25, 0.3) is 5.91 Å². The minimum Gasteiger partial charge on any atom is -0.480 e. The summed E-state index contributed by atoms with van der Waals surface area (Å²) in [4.78, 5) is 23.5. The van der Waals surface area contributed by atoms with Gasteiger partial charge in [0.2, 0.25) is 0 Å². The SMILES string of the molecule is CC(C)N(CC(=O)O)C(=O)c1cc(Br)cc(S(C)(=O)=O)c1F. The van der Waals surface area contributed by atoms with Gasteiger partial charge in [0.05, 0.1) is 5.56 Å². The van der Waals surface area contributed by atoms with Crippen molar-refractivity contribution in [3.8, 4) is 0 Å². The van der Waals surface area contributed by atoms with E-state index in [4.69, 9.17) is 5.11 Å². The molecule has 0 aliphatic rings. The molecule has 6 nitrogen and oxygen atoms in total. The molecule has 0 unspecified atom stereocenters. The first kappa shape index (κ1) is 18.6. The molecule has 1 rings (SSSR count). The van der Waals surface area contributed by atoms with Crippen LogP contribution in [0.5, 0.6) is 0 Å². The number of hydrogen-bond acceptors (Lipinski definition) is 4. The maximum Gasteiger partial charge on any atom is 0.323 e. The molecule has 0 saturated carbocycles. The average molecular weight is 396 g/mol. The molecule has 1 N–H and O–H groups in total. The lowest BCUT2D eigenvalue weighted by molar-refractivity contribution is -0.138. The van der Waals surface area contributed by atoms with Crippen LogP contribution in [0, 0.1) is 5.82 Å². The number of benzene rings is 1. The topological polar surface area (TPSA) is 91.8 Å². The molecule has 0 spiro atoms. The largest absolute Gasteiger partial charge is 0.480 e. The Kier molecular flexibility index (Phi) is 5.69. The van der Waals surface area contributed by atoms with Crippen LogP contribution in [-0.2, 0) is 14.6 Å². The zero-order chi connectivity index (χ0) is 17.2.